The van der Waals surface area contributed by atoms with E-state index in [1.165, 1.54) is 5.56 Å². The van der Waals surface area contributed by atoms with Gasteiger partial charge in [0.15, 0.2) is 0 Å². The fourth-order valence-electron chi connectivity index (χ4n) is 4.66. The van der Waals surface area contributed by atoms with Gasteiger partial charge in [0.1, 0.15) is 0 Å². The Morgan fingerprint density at radius 2 is 1.41 bits per heavy atom. The first kappa shape index (κ1) is 37.1. The molecule has 0 aliphatic heterocycles. The van der Waals surface area contributed by atoms with Gasteiger partial charge in [0.2, 0.25) is 11.8 Å². The minimum Gasteiger partial charge on any atom is -0.382 e. The van der Waals surface area contributed by atoms with Gasteiger partial charge < -0.3 is 29.2 Å². The summed E-state index contributed by atoms with van der Waals surface area (Å²) in [6.07, 6.45) is 3.05. The molecule has 244 valence electrons. The number of methoxy groups -OCH3 is 1. The number of rotatable bonds is 22. The predicted octanol–water partition coefficient (Wildman–Crippen LogP) is 6.07. The molecular formula is C36H54N2O6. The number of amides is 2. The van der Waals surface area contributed by atoms with Gasteiger partial charge >= 0.3 is 0 Å². The number of para-hydroxylation sites is 1. The first-order valence-corrected chi connectivity index (χ1v) is 15.6. The molecule has 0 aliphatic rings. The average molecular weight is 611 g/mol. The van der Waals surface area contributed by atoms with Crippen molar-refractivity contribution in [3.05, 3.63) is 71.8 Å². The summed E-state index contributed by atoms with van der Waals surface area (Å²) in [5.41, 5.74) is 3.71. The van der Waals surface area contributed by atoms with Crippen LogP contribution in [0.5, 0.6) is 0 Å². The molecule has 0 saturated heterocycles. The summed E-state index contributed by atoms with van der Waals surface area (Å²) in [6, 6.07) is 15.9. The van der Waals surface area contributed by atoms with Crippen molar-refractivity contribution >= 4 is 23.6 Å². The summed E-state index contributed by atoms with van der Waals surface area (Å²) in [5.74, 6) is -0.204. The molecule has 0 fully saturated rings. The molecule has 8 heteroatoms. The molecule has 0 unspecified atom stereocenters. The van der Waals surface area contributed by atoms with E-state index >= 15 is 0 Å². The van der Waals surface area contributed by atoms with Crippen LogP contribution >= 0.6 is 0 Å². The highest BCUT2D eigenvalue weighted by molar-refractivity contribution is 5.95. The van der Waals surface area contributed by atoms with Crippen LogP contribution in [0, 0.1) is 10.8 Å². The van der Waals surface area contributed by atoms with Crippen LogP contribution in [0.3, 0.4) is 0 Å². The molecule has 44 heavy (non-hydrogen) atoms. The summed E-state index contributed by atoms with van der Waals surface area (Å²) in [5, 5.41) is 2.88. The van der Waals surface area contributed by atoms with Gasteiger partial charge in [-0.2, -0.15) is 0 Å². The van der Waals surface area contributed by atoms with Gasteiger partial charge in [0, 0.05) is 37.3 Å². The Morgan fingerprint density at radius 3 is 2.05 bits per heavy atom. The second-order valence-electron chi connectivity index (χ2n) is 12.6. The Labute approximate surface area is 265 Å². The molecule has 0 radical (unpaired) electrons. The van der Waals surface area contributed by atoms with E-state index in [9.17, 15) is 9.59 Å². The quantitative estimate of drug-likeness (QED) is 0.163. The molecule has 0 aromatic heterocycles. The van der Waals surface area contributed by atoms with Gasteiger partial charge in [-0.3, -0.25) is 9.59 Å². The Hall–Kier alpha value is -3.04. The van der Waals surface area contributed by atoms with Crippen molar-refractivity contribution in [1.29, 1.82) is 0 Å². The number of aryl methyl sites for hydroxylation is 1. The fourth-order valence-corrected chi connectivity index (χ4v) is 4.66. The van der Waals surface area contributed by atoms with Crippen molar-refractivity contribution in [1.82, 2.24) is 5.32 Å². The largest absolute Gasteiger partial charge is 0.382 e. The van der Waals surface area contributed by atoms with E-state index in [1.54, 1.807) is 18.1 Å². The smallest absolute Gasteiger partial charge is 0.229 e. The van der Waals surface area contributed by atoms with E-state index in [1.807, 2.05) is 36.4 Å². The van der Waals surface area contributed by atoms with Crippen molar-refractivity contribution in [2.75, 3.05) is 64.8 Å². The topological polar surface area (TPSA) is 86.3 Å². The Morgan fingerprint density at radius 1 is 0.818 bits per heavy atom. The average Bonchev–Trinajstić information content (AvgIpc) is 3.00. The zero-order chi connectivity index (χ0) is 32.4. The Bertz CT molecular complexity index is 1160. The fraction of sp³-hybridized carbons (Fsp3) is 0.556. The summed E-state index contributed by atoms with van der Waals surface area (Å²) in [4.78, 5) is 27.8. The lowest BCUT2D eigenvalue weighted by Gasteiger charge is -2.29. The van der Waals surface area contributed by atoms with Gasteiger partial charge in [-0.1, -0.05) is 89.7 Å². The molecule has 1 N–H and O–H groups in total. The van der Waals surface area contributed by atoms with E-state index in [0.717, 1.165) is 23.2 Å². The zero-order valence-electron chi connectivity index (χ0n) is 27.8. The maximum Gasteiger partial charge on any atom is 0.229 e. The van der Waals surface area contributed by atoms with E-state index in [-0.39, 0.29) is 42.0 Å². The number of carbonyl (C=O) groups excluding carboxylic acids is 2. The summed E-state index contributed by atoms with van der Waals surface area (Å²) in [6.45, 7) is 18.8. The molecule has 0 aliphatic carbocycles. The van der Waals surface area contributed by atoms with Gasteiger partial charge in [0.05, 0.1) is 58.5 Å². The highest BCUT2D eigenvalue weighted by atomic mass is 16.5. The lowest BCUT2D eigenvalue weighted by molar-refractivity contribution is -0.123. The number of anilines is 1. The number of hydrogen-bond acceptors (Lipinski definition) is 6. The molecule has 0 heterocycles. The molecule has 8 nitrogen and oxygen atoms in total. The lowest BCUT2D eigenvalue weighted by atomic mass is 9.94. The minimum atomic E-state index is -0.197. The van der Waals surface area contributed by atoms with Crippen LogP contribution < -0.4 is 10.2 Å². The number of carbonyl (C=O) groups is 2. The van der Waals surface area contributed by atoms with E-state index < -0.39 is 0 Å². The molecule has 0 atom stereocenters. The normalized spacial score (nSPS) is 11.8. The second kappa shape index (κ2) is 19.4. The minimum absolute atomic E-state index is 0.0618. The van der Waals surface area contributed by atoms with Crippen LogP contribution in [-0.4, -0.2) is 71.7 Å². The van der Waals surface area contributed by atoms with E-state index in [0.29, 0.717) is 52.8 Å². The van der Waals surface area contributed by atoms with Crippen LogP contribution in [-0.2, 0) is 41.5 Å². The summed E-state index contributed by atoms with van der Waals surface area (Å²) >= 11 is 0. The van der Waals surface area contributed by atoms with Crippen molar-refractivity contribution < 1.29 is 28.5 Å². The molecule has 0 bridgehead atoms. The van der Waals surface area contributed by atoms with Gasteiger partial charge in [0.25, 0.3) is 0 Å². The monoisotopic (exact) mass is 610 g/mol. The standard InChI is InChI=1S/C36H54N2O6/c1-8-29-14-10-11-16-31(29)24-38(32-17-13-12-15-30(32)9-2)34(40)18-20-37-33(39)19-21-42-25-35(3,4)27-44-28-36(5,6)26-43-23-22-41-7/h9-17H,2,8,18-28H2,1,3-7H3,(H,37,39). The number of benzene rings is 2. The number of hydrogen-bond donors (Lipinski definition) is 1. The molecule has 2 aromatic carbocycles. The van der Waals surface area contributed by atoms with Crippen molar-refractivity contribution in [2.45, 2.75) is 60.4 Å². The SMILES string of the molecule is C=Cc1ccccc1N(Cc1ccccc1CC)C(=O)CCNC(=O)CCOCC(C)(C)COCC(C)(C)COCCOC. The second-order valence-corrected chi connectivity index (χ2v) is 12.6. The van der Waals surface area contributed by atoms with Crippen LogP contribution in [0.25, 0.3) is 6.08 Å². The van der Waals surface area contributed by atoms with Crippen LogP contribution in [0.4, 0.5) is 5.69 Å². The molecular weight excluding hydrogens is 556 g/mol. The molecule has 2 amide bonds. The first-order valence-electron chi connectivity index (χ1n) is 15.6. The van der Waals surface area contributed by atoms with Crippen molar-refractivity contribution in [3.63, 3.8) is 0 Å². The number of nitrogens with one attached hydrogen (secondary N) is 1. The van der Waals surface area contributed by atoms with Crippen LogP contribution in [0.1, 0.15) is 64.2 Å². The molecule has 0 saturated carbocycles. The summed E-state index contributed by atoms with van der Waals surface area (Å²) < 4.78 is 22.5. The summed E-state index contributed by atoms with van der Waals surface area (Å²) in [7, 11) is 1.66. The Balaban J connectivity index is 1.78. The van der Waals surface area contributed by atoms with Crippen LogP contribution in [0.2, 0.25) is 0 Å². The van der Waals surface area contributed by atoms with Gasteiger partial charge in [-0.15, -0.1) is 0 Å². The van der Waals surface area contributed by atoms with Crippen molar-refractivity contribution in [2.24, 2.45) is 10.8 Å². The molecule has 0 spiro atoms. The van der Waals surface area contributed by atoms with Crippen molar-refractivity contribution in [3.8, 4) is 0 Å². The third kappa shape index (κ3) is 13.7. The molecule has 2 rings (SSSR count). The third-order valence-electron chi connectivity index (χ3n) is 7.11. The highest BCUT2D eigenvalue weighted by Gasteiger charge is 2.24. The van der Waals surface area contributed by atoms with Gasteiger partial charge in [-0.25, -0.2) is 0 Å². The van der Waals surface area contributed by atoms with E-state index in [2.05, 4.69) is 58.6 Å². The Kier molecular flexibility index (Phi) is 16.4. The zero-order valence-corrected chi connectivity index (χ0v) is 27.8. The first-order chi connectivity index (χ1) is 21.0. The molecule has 2 aromatic rings. The maximum absolute atomic E-state index is 13.5. The van der Waals surface area contributed by atoms with Crippen LogP contribution in [0.15, 0.2) is 55.1 Å². The number of nitrogens with zero attached hydrogens (tertiary/aromatic N) is 1. The third-order valence-corrected chi connectivity index (χ3v) is 7.11. The number of ether oxygens (including phenoxy) is 4. The predicted molar refractivity (Wildman–Crippen MR) is 178 cm³/mol. The van der Waals surface area contributed by atoms with Gasteiger partial charge in [-0.05, 0) is 29.2 Å². The highest BCUT2D eigenvalue weighted by Crippen LogP contribution is 2.26. The maximum atomic E-state index is 13.5. The van der Waals surface area contributed by atoms with E-state index in [4.69, 9.17) is 18.9 Å². The lowest BCUT2D eigenvalue weighted by Crippen LogP contribution is -2.35.